The number of anilines is 1. The maximum atomic E-state index is 12.6. The third kappa shape index (κ3) is 3.67. The predicted molar refractivity (Wildman–Crippen MR) is 77.9 cm³/mol. The van der Waals surface area contributed by atoms with E-state index in [1.165, 1.54) is 6.07 Å². The second-order valence-corrected chi connectivity index (χ2v) is 5.40. The molecule has 106 valence electrons. The molecule has 0 saturated carbocycles. The van der Waals surface area contributed by atoms with Gasteiger partial charge in [0.1, 0.15) is 0 Å². The fourth-order valence-corrected chi connectivity index (χ4v) is 2.28. The van der Waals surface area contributed by atoms with Gasteiger partial charge in [-0.15, -0.1) is 0 Å². The van der Waals surface area contributed by atoms with E-state index in [9.17, 15) is 13.2 Å². The van der Waals surface area contributed by atoms with Crippen LogP contribution in [0.1, 0.15) is 11.1 Å². The average Bonchev–Trinajstić information content (AvgIpc) is 2.38. The van der Waals surface area contributed by atoms with Crippen LogP contribution in [0.15, 0.2) is 46.9 Å². The molecule has 0 radical (unpaired) electrons. The van der Waals surface area contributed by atoms with Gasteiger partial charge in [0.15, 0.2) is 0 Å². The van der Waals surface area contributed by atoms with Crippen molar-refractivity contribution in [2.75, 3.05) is 5.32 Å². The molecule has 0 atom stereocenters. The molecule has 0 saturated heterocycles. The number of benzene rings is 2. The van der Waals surface area contributed by atoms with Crippen molar-refractivity contribution in [1.29, 1.82) is 0 Å². The molecule has 1 N–H and O–H groups in total. The van der Waals surface area contributed by atoms with Crippen molar-refractivity contribution in [2.45, 2.75) is 12.7 Å². The van der Waals surface area contributed by atoms with Gasteiger partial charge >= 0.3 is 6.18 Å². The third-order valence-electron chi connectivity index (χ3n) is 2.72. The number of hydrogen-bond donors (Lipinski definition) is 1. The van der Waals surface area contributed by atoms with E-state index in [0.717, 1.165) is 22.2 Å². The SMILES string of the molecule is FC(F)(F)c1ccc(Cl)c(NCc2ccccc2Br)c1. The second kappa shape index (κ2) is 6.06. The highest BCUT2D eigenvalue weighted by molar-refractivity contribution is 9.10. The van der Waals surface area contributed by atoms with E-state index in [4.69, 9.17) is 11.6 Å². The zero-order valence-electron chi connectivity index (χ0n) is 10.1. The Morgan fingerprint density at radius 2 is 1.80 bits per heavy atom. The number of hydrogen-bond acceptors (Lipinski definition) is 1. The molecule has 2 rings (SSSR count). The van der Waals surface area contributed by atoms with Crippen molar-refractivity contribution in [3.63, 3.8) is 0 Å². The number of halogens is 5. The lowest BCUT2D eigenvalue weighted by molar-refractivity contribution is -0.137. The molecule has 6 heteroatoms. The molecular formula is C14H10BrClF3N. The number of alkyl halides is 3. The summed E-state index contributed by atoms with van der Waals surface area (Å²) in [4.78, 5) is 0. The summed E-state index contributed by atoms with van der Waals surface area (Å²) in [6, 6.07) is 10.7. The first kappa shape index (κ1) is 15.2. The van der Waals surface area contributed by atoms with Crippen LogP contribution in [0.4, 0.5) is 18.9 Å². The van der Waals surface area contributed by atoms with Crippen LogP contribution in [0, 0.1) is 0 Å². The van der Waals surface area contributed by atoms with Crippen molar-refractivity contribution in [3.8, 4) is 0 Å². The summed E-state index contributed by atoms with van der Waals surface area (Å²) in [5.74, 6) is 0. The van der Waals surface area contributed by atoms with Gasteiger partial charge in [0.05, 0.1) is 16.3 Å². The normalized spacial score (nSPS) is 11.4. The quantitative estimate of drug-likeness (QED) is 0.733. The Morgan fingerprint density at radius 3 is 2.45 bits per heavy atom. The Kier molecular flexibility index (Phi) is 4.60. The Morgan fingerprint density at radius 1 is 1.10 bits per heavy atom. The van der Waals surface area contributed by atoms with Gasteiger partial charge in [0, 0.05) is 11.0 Å². The zero-order valence-corrected chi connectivity index (χ0v) is 12.5. The fraction of sp³-hybridized carbons (Fsp3) is 0.143. The third-order valence-corrected chi connectivity index (χ3v) is 3.82. The Bertz CT molecular complexity index is 614. The molecule has 0 aliphatic heterocycles. The summed E-state index contributed by atoms with van der Waals surface area (Å²) in [7, 11) is 0. The number of nitrogens with one attached hydrogen (secondary N) is 1. The second-order valence-electron chi connectivity index (χ2n) is 4.14. The summed E-state index contributed by atoms with van der Waals surface area (Å²) in [6.45, 7) is 0.377. The molecule has 2 aromatic carbocycles. The molecule has 0 fully saturated rings. The molecule has 0 aromatic heterocycles. The van der Waals surface area contributed by atoms with Gasteiger partial charge in [-0.2, -0.15) is 13.2 Å². The van der Waals surface area contributed by atoms with E-state index in [1.54, 1.807) is 0 Å². The molecule has 0 bridgehead atoms. The first-order valence-corrected chi connectivity index (χ1v) is 6.89. The molecule has 0 aliphatic carbocycles. The van der Waals surface area contributed by atoms with Crippen LogP contribution in [0.5, 0.6) is 0 Å². The topological polar surface area (TPSA) is 12.0 Å². The summed E-state index contributed by atoms with van der Waals surface area (Å²) >= 11 is 9.29. The molecule has 0 amide bonds. The van der Waals surface area contributed by atoms with Crippen LogP contribution in [-0.4, -0.2) is 0 Å². The van der Waals surface area contributed by atoms with E-state index in [1.807, 2.05) is 24.3 Å². The lowest BCUT2D eigenvalue weighted by Crippen LogP contribution is -2.07. The van der Waals surface area contributed by atoms with E-state index in [2.05, 4.69) is 21.2 Å². The van der Waals surface area contributed by atoms with Gasteiger partial charge in [0.25, 0.3) is 0 Å². The van der Waals surface area contributed by atoms with Crippen molar-refractivity contribution in [1.82, 2.24) is 0 Å². The molecule has 2 aromatic rings. The lowest BCUT2D eigenvalue weighted by atomic mass is 10.1. The Balaban J connectivity index is 2.19. The maximum Gasteiger partial charge on any atom is 0.416 e. The summed E-state index contributed by atoms with van der Waals surface area (Å²) < 4.78 is 38.8. The van der Waals surface area contributed by atoms with Gasteiger partial charge in [0.2, 0.25) is 0 Å². The van der Waals surface area contributed by atoms with Crippen LogP contribution in [0.2, 0.25) is 5.02 Å². The highest BCUT2D eigenvalue weighted by atomic mass is 79.9. The van der Waals surface area contributed by atoms with Crippen molar-refractivity contribution < 1.29 is 13.2 Å². The number of rotatable bonds is 3. The van der Waals surface area contributed by atoms with Crippen LogP contribution in [0.3, 0.4) is 0 Å². The van der Waals surface area contributed by atoms with E-state index < -0.39 is 11.7 Å². The van der Waals surface area contributed by atoms with Crippen LogP contribution < -0.4 is 5.32 Å². The van der Waals surface area contributed by atoms with Crippen molar-refractivity contribution in [2.24, 2.45) is 0 Å². The van der Waals surface area contributed by atoms with E-state index in [0.29, 0.717) is 6.54 Å². The van der Waals surface area contributed by atoms with E-state index in [-0.39, 0.29) is 10.7 Å². The zero-order chi connectivity index (χ0) is 14.8. The molecular weight excluding hydrogens is 355 g/mol. The highest BCUT2D eigenvalue weighted by Crippen LogP contribution is 2.34. The molecule has 0 aliphatic rings. The first-order valence-electron chi connectivity index (χ1n) is 5.72. The fourth-order valence-electron chi connectivity index (χ4n) is 1.67. The Hall–Kier alpha value is -1.20. The minimum atomic E-state index is -4.38. The minimum absolute atomic E-state index is 0.255. The summed E-state index contributed by atoms with van der Waals surface area (Å²) in [6.07, 6.45) is -4.38. The lowest BCUT2D eigenvalue weighted by Gasteiger charge is -2.13. The largest absolute Gasteiger partial charge is 0.416 e. The van der Waals surface area contributed by atoms with Crippen LogP contribution >= 0.6 is 27.5 Å². The predicted octanol–water partition coefficient (Wildman–Crippen LogP) is 5.73. The Labute approximate surface area is 127 Å². The highest BCUT2D eigenvalue weighted by Gasteiger charge is 2.30. The maximum absolute atomic E-state index is 12.6. The molecule has 1 nitrogen and oxygen atoms in total. The molecule has 0 unspecified atom stereocenters. The molecule has 20 heavy (non-hydrogen) atoms. The average molecular weight is 365 g/mol. The van der Waals surface area contributed by atoms with Gasteiger partial charge in [-0.05, 0) is 29.8 Å². The van der Waals surface area contributed by atoms with Gasteiger partial charge in [-0.1, -0.05) is 45.7 Å². The van der Waals surface area contributed by atoms with Crippen LogP contribution in [0.25, 0.3) is 0 Å². The van der Waals surface area contributed by atoms with Crippen LogP contribution in [-0.2, 0) is 12.7 Å². The minimum Gasteiger partial charge on any atom is -0.380 e. The molecule has 0 spiro atoms. The van der Waals surface area contributed by atoms with Gasteiger partial charge < -0.3 is 5.32 Å². The van der Waals surface area contributed by atoms with Gasteiger partial charge in [-0.25, -0.2) is 0 Å². The van der Waals surface area contributed by atoms with Gasteiger partial charge in [-0.3, -0.25) is 0 Å². The molecule has 0 heterocycles. The smallest absolute Gasteiger partial charge is 0.380 e. The van der Waals surface area contributed by atoms with E-state index >= 15 is 0 Å². The van der Waals surface area contributed by atoms with Crippen molar-refractivity contribution >= 4 is 33.2 Å². The monoisotopic (exact) mass is 363 g/mol. The standard InChI is InChI=1S/C14H10BrClF3N/c15-11-4-2-1-3-9(11)8-20-13-7-10(14(17,18)19)5-6-12(13)16/h1-7,20H,8H2. The van der Waals surface area contributed by atoms with Crippen molar-refractivity contribution in [3.05, 3.63) is 63.1 Å². The summed E-state index contributed by atoms with van der Waals surface area (Å²) in [5.41, 5.74) is 0.467. The first-order chi connectivity index (χ1) is 9.38. The summed E-state index contributed by atoms with van der Waals surface area (Å²) in [5, 5.41) is 3.18.